The Morgan fingerprint density at radius 1 is 0.947 bits per heavy atom. The van der Waals surface area contributed by atoms with Crippen molar-refractivity contribution in [2.45, 2.75) is 19.3 Å². The van der Waals surface area contributed by atoms with Crippen LogP contribution in [-0.2, 0) is 12.8 Å². The molecule has 3 nitrogen and oxygen atoms in total. The van der Waals surface area contributed by atoms with Gasteiger partial charge in [-0.15, -0.1) is 0 Å². The van der Waals surface area contributed by atoms with Crippen molar-refractivity contribution in [2.75, 3.05) is 5.73 Å². The standard InChI is InChI=1S/C16H17N3/c17-13-10-8-12(9-11-13)4-3-7-16-18-14-5-1-2-6-15(14)19-16/h1-2,5-6,8-11H,3-4,7,17H2,(H,18,19). The highest BCUT2D eigenvalue weighted by atomic mass is 14.9. The van der Waals surface area contributed by atoms with E-state index in [1.807, 2.05) is 30.3 Å². The molecular weight excluding hydrogens is 234 g/mol. The van der Waals surface area contributed by atoms with Gasteiger partial charge in [0.15, 0.2) is 0 Å². The maximum atomic E-state index is 5.67. The van der Waals surface area contributed by atoms with Crippen LogP contribution in [0, 0.1) is 0 Å². The third-order valence-corrected chi connectivity index (χ3v) is 3.30. The van der Waals surface area contributed by atoms with Gasteiger partial charge < -0.3 is 10.7 Å². The van der Waals surface area contributed by atoms with Gasteiger partial charge in [0.25, 0.3) is 0 Å². The van der Waals surface area contributed by atoms with E-state index in [2.05, 4.69) is 28.2 Å². The molecule has 0 saturated heterocycles. The lowest BCUT2D eigenvalue weighted by Crippen LogP contribution is -1.92. The van der Waals surface area contributed by atoms with E-state index < -0.39 is 0 Å². The number of anilines is 1. The SMILES string of the molecule is Nc1ccc(CCCc2nc3ccccc3[nH]2)cc1. The van der Waals surface area contributed by atoms with Gasteiger partial charge in [0.05, 0.1) is 11.0 Å². The van der Waals surface area contributed by atoms with Crippen molar-refractivity contribution < 1.29 is 0 Å². The molecule has 0 bridgehead atoms. The fourth-order valence-electron chi connectivity index (χ4n) is 2.27. The van der Waals surface area contributed by atoms with E-state index in [9.17, 15) is 0 Å². The van der Waals surface area contributed by atoms with Crippen molar-refractivity contribution >= 4 is 16.7 Å². The zero-order valence-electron chi connectivity index (χ0n) is 10.8. The monoisotopic (exact) mass is 251 g/mol. The number of aromatic nitrogens is 2. The summed E-state index contributed by atoms with van der Waals surface area (Å²) >= 11 is 0. The van der Waals surface area contributed by atoms with E-state index >= 15 is 0 Å². The summed E-state index contributed by atoms with van der Waals surface area (Å²) in [6.45, 7) is 0. The lowest BCUT2D eigenvalue weighted by molar-refractivity contribution is 0.786. The molecule has 0 spiro atoms. The molecular formula is C16H17N3. The van der Waals surface area contributed by atoms with Gasteiger partial charge in [-0.25, -0.2) is 4.98 Å². The van der Waals surface area contributed by atoms with Gasteiger partial charge in [0, 0.05) is 12.1 Å². The Morgan fingerprint density at radius 3 is 2.53 bits per heavy atom. The van der Waals surface area contributed by atoms with E-state index in [0.29, 0.717) is 0 Å². The summed E-state index contributed by atoms with van der Waals surface area (Å²) in [5.74, 6) is 1.07. The summed E-state index contributed by atoms with van der Waals surface area (Å²) in [5, 5.41) is 0. The molecule has 0 atom stereocenters. The van der Waals surface area contributed by atoms with Gasteiger partial charge in [0.2, 0.25) is 0 Å². The van der Waals surface area contributed by atoms with Crippen LogP contribution in [0.1, 0.15) is 17.8 Å². The molecule has 3 aromatic rings. The van der Waals surface area contributed by atoms with Crippen molar-refractivity contribution in [3.63, 3.8) is 0 Å². The average molecular weight is 251 g/mol. The minimum Gasteiger partial charge on any atom is -0.399 e. The minimum absolute atomic E-state index is 0.820. The highest BCUT2D eigenvalue weighted by molar-refractivity contribution is 5.74. The van der Waals surface area contributed by atoms with Crippen LogP contribution in [0.2, 0.25) is 0 Å². The van der Waals surface area contributed by atoms with Gasteiger partial charge in [-0.2, -0.15) is 0 Å². The summed E-state index contributed by atoms with van der Waals surface area (Å²) in [5.41, 5.74) is 9.98. The molecule has 2 aromatic carbocycles. The van der Waals surface area contributed by atoms with Gasteiger partial charge in [0.1, 0.15) is 5.82 Å². The zero-order valence-corrected chi connectivity index (χ0v) is 10.8. The van der Waals surface area contributed by atoms with Crippen molar-refractivity contribution in [1.82, 2.24) is 9.97 Å². The molecule has 0 aliphatic rings. The Kier molecular flexibility index (Phi) is 3.19. The average Bonchev–Trinajstić information content (AvgIpc) is 2.83. The molecule has 0 saturated carbocycles. The third-order valence-electron chi connectivity index (χ3n) is 3.30. The molecule has 96 valence electrons. The first-order chi connectivity index (χ1) is 9.31. The largest absolute Gasteiger partial charge is 0.399 e. The predicted octanol–water partition coefficient (Wildman–Crippen LogP) is 3.32. The van der Waals surface area contributed by atoms with Crippen LogP contribution in [0.5, 0.6) is 0 Å². The van der Waals surface area contributed by atoms with E-state index in [1.54, 1.807) is 0 Å². The van der Waals surface area contributed by atoms with Crippen molar-refractivity contribution in [3.05, 3.63) is 59.9 Å². The van der Waals surface area contributed by atoms with Crippen LogP contribution in [-0.4, -0.2) is 9.97 Å². The number of hydrogen-bond acceptors (Lipinski definition) is 2. The summed E-state index contributed by atoms with van der Waals surface area (Å²) in [6, 6.07) is 16.2. The topological polar surface area (TPSA) is 54.7 Å². The second kappa shape index (κ2) is 5.14. The Bertz CT molecular complexity index is 635. The highest BCUT2D eigenvalue weighted by Gasteiger charge is 2.02. The van der Waals surface area contributed by atoms with Crippen molar-refractivity contribution in [2.24, 2.45) is 0 Å². The number of fused-ring (bicyclic) bond motifs is 1. The van der Waals surface area contributed by atoms with Crippen LogP contribution in [0.25, 0.3) is 11.0 Å². The first kappa shape index (κ1) is 11.8. The fourth-order valence-corrected chi connectivity index (χ4v) is 2.27. The second-order valence-corrected chi connectivity index (χ2v) is 4.80. The molecule has 3 rings (SSSR count). The number of aryl methyl sites for hydroxylation is 2. The highest BCUT2D eigenvalue weighted by Crippen LogP contribution is 2.13. The number of nitrogens with one attached hydrogen (secondary N) is 1. The molecule has 0 radical (unpaired) electrons. The molecule has 0 unspecified atom stereocenters. The van der Waals surface area contributed by atoms with Crippen LogP contribution >= 0.6 is 0 Å². The number of aromatic amines is 1. The summed E-state index contributed by atoms with van der Waals surface area (Å²) in [4.78, 5) is 7.94. The number of H-pyrrole nitrogens is 1. The normalized spacial score (nSPS) is 10.9. The van der Waals surface area contributed by atoms with Gasteiger partial charge in [-0.3, -0.25) is 0 Å². The zero-order chi connectivity index (χ0) is 13.1. The van der Waals surface area contributed by atoms with Crippen molar-refractivity contribution in [3.8, 4) is 0 Å². The first-order valence-electron chi connectivity index (χ1n) is 6.59. The number of benzene rings is 2. The van der Waals surface area contributed by atoms with E-state index in [-0.39, 0.29) is 0 Å². The molecule has 1 heterocycles. The predicted molar refractivity (Wildman–Crippen MR) is 79.0 cm³/mol. The molecule has 3 N–H and O–H groups in total. The number of rotatable bonds is 4. The number of nitrogens with two attached hydrogens (primary N) is 1. The number of nitrogen functional groups attached to an aromatic ring is 1. The van der Waals surface area contributed by atoms with Gasteiger partial charge in [-0.1, -0.05) is 24.3 Å². The van der Waals surface area contributed by atoms with Crippen LogP contribution in [0.4, 0.5) is 5.69 Å². The Labute approximate surface area is 112 Å². The van der Waals surface area contributed by atoms with Crippen LogP contribution in [0.15, 0.2) is 48.5 Å². The molecule has 0 fully saturated rings. The van der Waals surface area contributed by atoms with Crippen LogP contribution in [0.3, 0.4) is 0 Å². The minimum atomic E-state index is 0.820. The maximum absolute atomic E-state index is 5.67. The Balaban J connectivity index is 1.61. The lowest BCUT2D eigenvalue weighted by Gasteiger charge is -2.00. The second-order valence-electron chi connectivity index (χ2n) is 4.80. The quantitative estimate of drug-likeness (QED) is 0.699. The van der Waals surface area contributed by atoms with E-state index in [0.717, 1.165) is 41.8 Å². The maximum Gasteiger partial charge on any atom is 0.107 e. The van der Waals surface area contributed by atoms with E-state index in [1.165, 1.54) is 5.56 Å². The smallest absolute Gasteiger partial charge is 0.107 e. The number of para-hydroxylation sites is 2. The molecule has 0 aliphatic carbocycles. The lowest BCUT2D eigenvalue weighted by atomic mass is 10.1. The first-order valence-corrected chi connectivity index (χ1v) is 6.59. The number of imidazole rings is 1. The van der Waals surface area contributed by atoms with Crippen molar-refractivity contribution in [1.29, 1.82) is 0 Å². The number of nitrogens with zero attached hydrogens (tertiary/aromatic N) is 1. The Morgan fingerprint density at radius 2 is 1.74 bits per heavy atom. The van der Waals surface area contributed by atoms with Gasteiger partial charge in [-0.05, 0) is 42.7 Å². The number of hydrogen-bond donors (Lipinski definition) is 2. The summed E-state index contributed by atoms with van der Waals surface area (Å²) in [7, 11) is 0. The van der Waals surface area contributed by atoms with Gasteiger partial charge >= 0.3 is 0 Å². The summed E-state index contributed by atoms with van der Waals surface area (Å²) < 4.78 is 0. The van der Waals surface area contributed by atoms with Crippen LogP contribution < -0.4 is 5.73 Å². The molecule has 0 amide bonds. The molecule has 19 heavy (non-hydrogen) atoms. The Hall–Kier alpha value is -2.29. The summed E-state index contributed by atoms with van der Waals surface area (Å²) in [6.07, 6.45) is 3.11. The third kappa shape index (κ3) is 2.76. The fraction of sp³-hybridized carbons (Fsp3) is 0.188. The molecule has 1 aromatic heterocycles. The molecule has 3 heteroatoms. The molecule has 0 aliphatic heterocycles. The van der Waals surface area contributed by atoms with E-state index in [4.69, 9.17) is 5.73 Å².